The summed E-state index contributed by atoms with van der Waals surface area (Å²) in [5.74, 6) is 0.298. The summed E-state index contributed by atoms with van der Waals surface area (Å²) in [4.78, 5) is 11.3. The van der Waals surface area contributed by atoms with E-state index < -0.39 is 0 Å². The van der Waals surface area contributed by atoms with Crippen molar-refractivity contribution in [1.29, 1.82) is 0 Å². The smallest absolute Gasteiger partial charge is 0.313 e. The van der Waals surface area contributed by atoms with Gasteiger partial charge in [-0.05, 0) is 24.6 Å². The van der Waals surface area contributed by atoms with Crippen molar-refractivity contribution in [3.63, 3.8) is 0 Å². The lowest BCUT2D eigenvalue weighted by molar-refractivity contribution is -0.137. The molecule has 0 N–H and O–H groups in total. The van der Waals surface area contributed by atoms with Crippen LogP contribution in [0.4, 0.5) is 0 Å². The fourth-order valence-corrected chi connectivity index (χ4v) is 1.11. The molecule has 1 aromatic carbocycles. The highest BCUT2D eigenvalue weighted by atomic mass is 16.5. The van der Waals surface area contributed by atoms with Crippen molar-refractivity contribution in [2.45, 2.75) is 20.8 Å². The quantitative estimate of drug-likeness (QED) is 0.558. The van der Waals surface area contributed by atoms with Crippen LogP contribution in [-0.2, 0) is 4.79 Å². The Morgan fingerprint density at radius 3 is 2.73 bits per heavy atom. The molecular formula is C13H16O2. The number of hydrogen-bond acceptors (Lipinski definition) is 2. The zero-order valence-corrected chi connectivity index (χ0v) is 9.36. The van der Waals surface area contributed by atoms with Gasteiger partial charge < -0.3 is 4.74 Å². The number of carbonyl (C=O) groups excluding carboxylic acids is 1. The number of esters is 1. The molecular weight excluding hydrogens is 188 g/mol. The molecule has 0 aromatic heterocycles. The summed E-state index contributed by atoms with van der Waals surface area (Å²) in [6, 6.07) is 7.47. The maximum absolute atomic E-state index is 11.3. The molecule has 1 aromatic rings. The number of rotatable bonds is 3. The van der Waals surface area contributed by atoms with Crippen LogP contribution in [-0.4, -0.2) is 5.97 Å². The van der Waals surface area contributed by atoms with Crippen LogP contribution in [0.3, 0.4) is 0 Å². The van der Waals surface area contributed by atoms with Gasteiger partial charge in [-0.3, -0.25) is 4.79 Å². The number of benzene rings is 1. The van der Waals surface area contributed by atoms with E-state index in [9.17, 15) is 4.79 Å². The average molecular weight is 204 g/mol. The molecule has 2 nitrogen and oxygen atoms in total. The topological polar surface area (TPSA) is 26.3 Å². The standard InChI is InChI=1S/C13H16O2/c1-4-6-11-7-5-8-12(9-11)15-13(14)10(2)3/h4-10H,1-3H3/b6-4+. The zero-order valence-electron chi connectivity index (χ0n) is 9.36. The van der Waals surface area contributed by atoms with Crippen LogP contribution >= 0.6 is 0 Å². The van der Waals surface area contributed by atoms with Crippen molar-refractivity contribution < 1.29 is 9.53 Å². The first-order valence-corrected chi connectivity index (χ1v) is 5.08. The first kappa shape index (κ1) is 11.5. The molecule has 0 unspecified atom stereocenters. The average Bonchev–Trinajstić information content (AvgIpc) is 2.18. The van der Waals surface area contributed by atoms with E-state index in [1.807, 2.05) is 51.1 Å². The van der Waals surface area contributed by atoms with Gasteiger partial charge in [-0.25, -0.2) is 0 Å². The molecule has 0 heterocycles. The highest BCUT2D eigenvalue weighted by Crippen LogP contribution is 2.15. The summed E-state index contributed by atoms with van der Waals surface area (Å²) in [5.41, 5.74) is 1.03. The molecule has 0 radical (unpaired) electrons. The third-order valence-corrected chi connectivity index (χ3v) is 1.91. The molecule has 0 aliphatic heterocycles. The largest absolute Gasteiger partial charge is 0.426 e. The van der Waals surface area contributed by atoms with Gasteiger partial charge in [0.15, 0.2) is 0 Å². The minimum absolute atomic E-state index is 0.102. The van der Waals surface area contributed by atoms with E-state index in [1.165, 1.54) is 0 Å². The normalized spacial score (nSPS) is 10.9. The van der Waals surface area contributed by atoms with Crippen LogP contribution in [0.1, 0.15) is 26.3 Å². The predicted molar refractivity (Wildman–Crippen MR) is 61.6 cm³/mol. The molecule has 0 bridgehead atoms. The minimum Gasteiger partial charge on any atom is -0.426 e. The van der Waals surface area contributed by atoms with Crippen molar-refractivity contribution in [3.05, 3.63) is 35.9 Å². The second-order valence-corrected chi connectivity index (χ2v) is 3.65. The number of hydrogen-bond donors (Lipinski definition) is 0. The van der Waals surface area contributed by atoms with E-state index in [4.69, 9.17) is 4.74 Å². The predicted octanol–water partition coefficient (Wildman–Crippen LogP) is 3.28. The summed E-state index contributed by atoms with van der Waals surface area (Å²) in [6.45, 7) is 5.59. The molecule has 0 aliphatic carbocycles. The molecule has 0 fully saturated rings. The summed E-state index contributed by atoms with van der Waals surface area (Å²) in [6.07, 6.45) is 3.91. The lowest BCUT2D eigenvalue weighted by Crippen LogP contribution is -2.14. The van der Waals surface area contributed by atoms with Gasteiger partial charge in [-0.15, -0.1) is 0 Å². The summed E-state index contributed by atoms with van der Waals surface area (Å²) < 4.78 is 5.19. The Morgan fingerprint density at radius 1 is 1.40 bits per heavy atom. The molecule has 0 atom stereocenters. The fourth-order valence-electron chi connectivity index (χ4n) is 1.11. The molecule has 80 valence electrons. The molecule has 0 amide bonds. The van der Waals surface area contributed by atoms with Crippen LogP contribution in [0.2, 0.25) is 0 Å². The van der Waals surface area contributed by atoms with E-state index in [2.05, 4.69) is 0 Å². The van der Waals surface area contributed by atoms with E-state index in [1.54, 1.807) is 6.07 Å². The molecule has 0 aliphatic rings. The lowest BCUT2D eigenvalue weighted by atomic mass is 10.2. The molecule has 1 rings (SSSR count). The Bertz CT molecular complexity index is 365. The third kappa shape index (κ3) is 3.58. The van der Waals surface area contributed by atoms with Gasteiger partial charge in [0, 0.05) is 0 Å². The lowest BCUT2D eigenvalue weighted by Gasteiger charge is -2.06. The minimum atomic E-state index is -0.201. The molecule has 0 saturated carbocycles. The first-order chi connectivity index (χ1) is 7.13. The zero-order chi connectivity index (χ0) is 11.3. The van der Waals surface area contributed by atoms with Gasteiger partial charge in [0.25, 0.3) is 0 Å². The van der Waals surface area contributed by atoms with Crippen LogP contribution in [0, 0.1) is 5.92 Å². The number of carbonyl (C=O) groups is 1. The SMILES string of the molecule is C/C=C/c1cccc(OC(=O)C(C)C)c1. The van der Waals surface area contributed by atoms with Crippen LogP contribution in [0.15, 0.2) is 30.3 Å². The highest BCUT2D eigenvalue weighted by Gasteiger charge is 2.09. The van der Waals surface area contributed by atoms with E-state index in [-0.39, 0.29) is 11.9 Å². The molecule has 2 heteroatoms. The van der Waals surface area contributed by atoms with Crippen LogP contribution in [0.5, 0.6) is 5.75 Å². The van der Waals surface area contributed by atoms with Gasteiger partial charge in [0.05, 0.1) is 5.92 Å². The van der Waals surface area contributed by atoms with Crippen molar-refractivity contribution in [2.75, 3.05) is 0 Å². The Kier molecular flexibility index (Phi) is 4.10. The fraction of sp³-hybridized carbons (Fsp3) is 0.308. The van der Waals surface area contributed by atoms with Gasteiger partial charge in [0.1, 0.15) is 5.75 Å². The number of ether oxygens (including phenoxy) is 1. The second kappa shape index (κ2) is 5.35. The van der Waals surface area contributed by atoms with E-state index in [0.29, 0.717) is 5.75 Å². The highest BCUT2D eigenvalue weighted by molar-refractivity contribution is 5.74. The Morgan fingerprint density at radius 2 is 2.13 bits per heavy atom. The maximum atomic E-state index is 11.3. The van der Waals surface area contributed by atoms with Crippen molar-refractivity contribution in [2.24, 2.45) is 5.92 Å². The van der Waals surface area contributed by atoms with E-state index >= 15 is 0 Å². The number of allylic oxidation sites excluding steroid dienone is 1. The summed E-state index contributed by atoms with van der Waals surface area (Å²) in [5, 5.41) is 0. The molecule has 0 spiro atoms. The molecule has 0 saturated heterocycles. The van der Waals surface area contributed by atoms with Gasteiger partial charge >= 0.3 is 5.97 Å². The van der Waals surface area contributed by atoms with Crippen molar-refractivity contribution >= 4 is 12.0 Å². The van der Waals surface area contributed by atoms with Gasteiger partial charge in [0.2, 0.25) is 0 Å². The third-order valence-electron chi connectivity index (χ3n) is 1.91. The van der Waals surface area contributed by atoms with Gasteiger partial charge in [-0.1, -0.05) is 38.1 Å². The first-order valence-electron chi connectivity index (χ1n) is 5.08. The van der Waals surface area contributed by atoms with Crippen molar-refractivity contribution in [1.82, 2.24) is 0 Å². The summed E-state index contributed by atoms with van der Waals surface area (Å²) >= 11 is 0. The Hall–Kier alpha value is -1.57. The molecule has 15 heavy (non-hydrogen) atoms. The van der Waals surface area contributed by atoms with Crippen LogP contribution in [0.25, 0.3) is 6.08 Å². The van der Waals surface area contributed by atoms with E-state index in [0.717, 1.165) is 5.56 Å². The summed E-state index contributed by atoms with van der Waals surface area (Å²) in [7, 11) is 0. The monoisotopic (exact) mass is 204 g/mol. The maximum Gasteiger partial charge on any atom is 0.313 e. The Balaban J connectivity index is 2.78. The van der Waals surface area contributed by atoms with Gasteiger partial charge in [-0.2, -0.15) is 0 Å². The second-order valence-electron chi connectivity index (χ2n) is 3.65. The Labute approximate surface area is 90.6 Å². The van der Waals surface area contributed by atoms with Crippen molar-refractivity contribution in [3.8, 4) is 5.75 Å². The van der Waals surface area contributed by atoms with Crippen LogP contribution < -0.4 is 4.74 Å².